The summed E-state index contributed by atoms with van der Waals surface area (Å²) in [7, 11) is 0. The molecule has 0 saturated carbocycles. The summed E-state index contributed by atoms with van der Waals surface area (Å²) < 4.78 is 29.2. The average molecular weight is 425 g/mol. The van der Waals surface area contributed by atoms with Crippen LogP contribution in [0.1, 0.15) is 25.1 Å². The Hall–Kier alpha value is -2.85. The summed E-state index contributed by atoms with van der Waals surface area (Å²) in [5, 5.41) is 12.4. The van der Waals surface area contributed by atoms with Crippen molar-refractivity contribution in [3.05, 3.63) is 35.8 Å². The van der Waals surface area contributed by atoms with Crippen LogP contribution in [0.25, 0.3) is 11.0 Å². The minimum Gasteiger partial charge on any atom is -0.372 e. The van der Waals surface area contributed by atoms with E-state index in [4.69, 9.17) is 9.26 Å². The van der Waals surface area contributed by atoms with Crippen molar-refractivity contribution in [2.45, 2.75) is 45.1 Å². The minimum atomic E-state index is -0.355. The van der Waals surface area contributed by atoms with Crippen LogP contribution in [-0.2, 0) is 17.7 Å². The van der Waals surface area contributed by atoms with Crippen molar-refractivity contribution >= 4 is 22.9 Å². The van der Waals surface area contributed by atoms with Crippen LogP contribution in [0.2, 0.25) is 0 Å². The van der Waals surface area contributed by atoms with Crippen LogP contribution in [0, 0.1) is 11.2 Å². The van der Waals surface area contributed by atoms with Gasteiger partial charge in [-0.3, -0.25) is 10.3 Å². The zero-order chi connectivity index (χ0) is 21.2. The molecule has 0 aliphatic carbocycles. The van der Waals surface area contributed by atoms with Crippen LogP contribution in [0.4, 0.5) is 10.1 Å². The number of morpholine rings is 1. The number of fused-ring (bicyclic) bond motifs is 5. The average Bonchev–Trinajstić information content (AvgIpc) is 3.39. The lowest BCUT2D eigenvalue weighted by Crippen LogP contribution is -2.67. The molecule has 1 unspecified atom stereocenters. The Kier molecular flexibility index (Phi) is 4.16. The van der Waals surface area contributed by atoms with Crippen LogP contribution in [-0.4, -0.2) is 64.1 Å². The molecule has 10 heteroatoms. The van der Waals surface area contributed by atoms with Crippen LogP contribution < -0.4 is 10.2 Å². The molecule has 1 aromatic carbocycles. The highest BCUT2D eigenvalue weighted by Gasteiger charge is 2.52. The summed E-state index contributed by atoms with van der Waals surface area (Å²) in [5.41, 5.74) is 2.10. The van der Waals surface area contributed by atoms with E-state index in [-0.39, 0.29) is 35.1 Å². The van der Waals surface area contributed by atoms with E-state index in [2.05, 4.69) is 43.6 Å². The van der Waals surface area contributed by atoms with Gasteiger partial charge in [0.25, 0.3) is 0 Å². The molecule has 4 atom stereocenters. The van der Waals surface area contributed by atoms with Crippen molar-refractivity contribution < 1.29 is 13.7 Å². The van der Waals surface area contributed by atoms with Gasteiger partial charge in [0, 0.05) is 24.7 Å². The van der Waals surface area contributed by atoms with Gasteiger partial charge in [-0.1, -0.05) is 5.16 Å². The smallest absolute Gasteiger partial charge is 0.204 e. The van der Waals surface area contributed by atoms with Crippen molar-refractivity contribution in [2.75, 3.05) is 24.7 Å². The zero-order valence-electron chi connectivity index (χ0n) is 17.5. The second-order valence-electron chi connectivity index (χ2n) is 8.85. The van der Waals surface area contributed by atoms with E-state index in [0.717, 1.165) is 12.1 Å². The largest absolute Gasteiger partial charge is 0.372 e. The summed E-state index contributed by atoms with van der Waals surface area (Å²) in [6.07, 6.45) is 5.74. The molecule has 1 fully saturated rings. The quantitative estimate of drug-likeness (QED) is 0.669. The molecule has 1 saturated heterocycles. The number of halogens is 1. The van der Waals surface area contributed by atoms with Crippen molar-refractivity contribution in [1.29, 1.82) is 0 Å². The van der Waals surface area contributed by atoms with Gasteiger partial charge in [-0.2, -0.15) is 5.10 Å². The maximum absolute atomic E-state index is 15.9. The molecule has 162 valence electrons. The summed E-state index contributed by atoms with van der Waals surface area (Å²) >= 11 is 0. The van der Waals surface area contributed by atoms with Crippen LogP contribution >= 0.6 is 0 Å². The van der Waals surface area contributed by atoms with E-state index < -0.39 is 0 Å². The molecular formula is C21H24FN7O2. The first-order valence-corrected chi connectivity index (χ1v) is 10.6. The van der Waals surface area contributed by atoms with Crippen molar-refractivity contribution in [3.8, 4) is 0 Å². The Bertz CT molecular complexity index is 1160. The van der Waals surface area contributed by atoms with Gasteiger partial charge >= 0.3 is 0 Å². The Morgan fingerprint density at radius 1 is 1.35 bits per heavy atom. The van der Waals surface area contributed by atoms with E-state index in [0.29, 0.717) is 42.9 Å². The van der Waals surface area contributed by atoms with Gasteiger partial charge in [0.1, 0.15) is 18.3 Å². The molecule has 3 aromatic rings. The fourth-order valence-electron chi connectivity index (χ4n) is 5.67. The Morgan fingerprint density at radius 3 is 3.03 bits per heavy atom. The second-order valence-corrected chi connectivity index (χ2v) is 8.85. The monoisotopic (exact) mass is 425 g/mol. The highest BCUT2D eigenvalue weighted by atomic mass is 19.1. The first-order valence-electron chi connectivity index (χ1n) is 10.6. The number of aliphatic imine (C=N–C) groups is 1. The predicted octanol–water partition coefficient (Wildman–Crippen LogP) is 1.76. The fraction of sp³-hybridized carbons (Fsp3) is 0.524. The van der Waals surface area contributed by atoms with E-state index in [9.17, 15) is 0 Å². The van der Waals surface area contributed by atoms with Gasteiger partial charge < -0.3 is 14.2 Å². The van der Waals surface area contributed by atoms with Gasteiger partial charge in [0.05, 0.1) is 42.5 Å². The Morgan fingerprint density at radius 2 is 2.26 bits per heavy atom. The fourth-order valence-corrected chi connectivity index (χ4v) is 5.67. The molecule has 5 heterocycles. The Balaban J connectivity index is 1.53. The number of hydrogen-bond acceptors (Lipinski definition) is 8. The molecule has 0 amide bonds. The van der Waals surface area contributed by atoms with E-state index in [1.54, 1.807) is 11.0 Å². The molecule has 0 bridgehead atoms. The van der Waals surface area contributed by atoms with Gasteiger partial charge in [0.15, 0.2) is 5.82 Å². The van der Waals surface area contributed by atoms with Crippen molar-refractivity contribution in [2.24, 2.45) is 10.4 Å². The number of nitrogens with one attached hydrogen (secondary N) is 1. The summed E-state index contributed by atoms with van der Waals surface area (Å²) in [6.45, 7) is 6.46. The number of benzene rings is 1. The first kappa shape index (κ1) is 18.9. The third-order valence-corrected chi connectivity index (χ3v) is 6.69. The molecule has 0 radical (unpaired) electrons. The third kappa shape index (κ3) is 2.81. The topological polar surface area (TPSA) is 93.6 Å². The van der Waals surface area contributed by atoms with E-state index in [1.165, 1.54) is 6.33 Å². The first-order chi connectivity index (χ1) is 15.1. The number of hydrogen-bond donors (Lipinski definition) is 1. The van der Waals surface area contributed by atoms with Crippen molar-refractivity contribution in [3.63, 3.8) is 0 Å². The van der Waals surface area contributed by atoms with E-state index >= 15 is 4.39 Å². The van der Waals surface area contributed by atoms with E-state index in [1.807, 2.05) is 13.0 Å². The van der Waals surface area contributed by atoms with Gasteiger partial charge in [0.2, 0.25) is 5.58 Å². The maximum atomic E-state index is 15.9. The highest BCUT2D eigenvalue weighted by molar-refractivity contribution is 5.88. The standard InChI is InChI=1S/C21H24FN7O2/c1-12-5-29-18-14(4-21(7-23-9-24-8-21)20(29)13(2)30-12)3-15-16(6-28-11-25-10-26-28)27-31-19(15)17(18)22/h3,7,10-13,20,24H,4-6,8-9H2,1-2H3/t12-,13+,20-,21?/m1/s1. The second kappa shape index (κ2) is 6.83. The van der Waals surface area contributed by atoms with Crippen LogP contribution in [0.5, 0.6) is 0 Å². The van der Waals surface area contributed by atoms with Crippen molar-refractivity contribution in [1.82, 2.24) is 25.2 Å². The molecule has 6 rings (SSSR count). The van der Waals surface area contributed by atoms with Crippen LogP contribution in [0.15, 0.2) is 28.2 Å². The lowest BCUT2D eigenvalue weighted by atomic mass is 9.68. The molecule has 1 spiro atoms. The number of aromatic nitrogens is 4. The van der Waals surface area contributed by atoms with Gasteiger partial charge in [-0.15, -0.1) is 0 Å². The molecule has 3 aliphatic rings. The SMILES string of the molecule is C[C@@H]1CN2c3c(cc4c(Cn5cncn5)noc4c3F)CC3(C=NCNC3)[C@H]2[C@H](C)O1. The Labute approximate surface area is 178 Å². The lowest BCUT2D eigenvalue weighted by Gasteiger charge is -2.56. The minimum absolute atomic E-state index is 0.00422. The molecule has 3 aliphatic heterocycles. The highest BCUT2D eigenvalue weighted by Crippen LogP contribution is 2.47. The van der Waals surface area contributed by atoms with Gasteiger partial charge in [-0.05, 0) is 31.9 Å². The lowest BCUT2D eigenvalue weighted by molar-refractivity contribution is -0.0522. The third-order valence-electron chi connectivity index (χ3n) is 6.69. The molecule has 31 heavy (non-hydrogen) atoms. The zero-order valence-corrected chi connectivity index (χ0v) is 17.5. The maximum Gasteiger partial charge on any atom is 0.204 e. The number of rotatable bonds is 2. The summed E-state index contributed by atoms with van der Waals surface area (Å²) in [4.78, 5) is 10.7. The van der Waals surface area contributed by atoms with Gasteiger partial charge in [-0.25, -0.2) is 14.1 Å². The molecular weight excluding hydrogens is 401 g/mol. The normalized spacial score (nSPS) is 30.0. The molecule has 9 nitrogen and oxygen atoms in total. The number of nitrogens with zero attached hydrogens (tertiary/aromatic N) is 6. The van der Waals surface area contributed by atoms with Crippen LogP contribution in [0.3, 0.4) is 0 Å². The molecule has 1 N–H and O–H groups in total. The number of ether oxygens (including phenoxy) is 1. The number of anilines is 1. The summed E-state index contributed by atoms with van der Waals surface area (Å²) in [6, 6.07) is 2.01. The summed E-state index contributed by atoms with van der Waals surface area (Å²) in [5.74, 6) is -0.355. The molecule has 2 aromatic heterocycles. The predicted molar refractivity (Wildman–Crippen MR) is 112 cm³/mol.